The number of imide groups is 2. The lowest BCUT2D eigenvalue weighted by Gasteiger charge is -2.50. The SMILES string of the molecule is COc1ccc(C2C3=CCC4C(=O)N(c5ccc([N+](=O)[O-])cc5)C(=O)C4C3CC3(Cl)C(=O)N(c4c(F)c(F)c(F)c(F)c4F)C(=O)C23Cl)cc1O. The Labute approximate surface area is 292 Å². The molecule has 0 bridgehead atoms. The average molecular weight is 752 g/mol. The summed E-state index contributed by atoms with van der Waals surface area (Å²) in [5.41, 5.74) is -2.09. The molecule has 6 unspecified atom stereocenters. The van der Waals surface area contributed by atoms with E-state index in [1.165, 1.54) is 37.5 Å². The molecule has 0 radical (unpaired) electrons. The van der Waals surface area contributed by atoms with Crippen LogP contribution in [0.4, 0.5) is 39.0 Å². The van der Waals surface area contributed by atoms with Crippen molar-refractivity contribution in [1.82, 2.24) is 0 Å². The number of phenols is 1. The molecule has 1 N–H and O–H groups in total. The summed E-state index contributed by atoms with van der Waals surface area (Å²) in [6.07, 6.45) is 0.629. The van der Waals surface area contributed by atoms with Crippen molar-refractivity contribution in [2.24, 2.45) is 17.8 Å². The van der Waals surface area contributed by atoms with E-state index in [1.807, 2.05) is 0 Å². The second-order valence-electron chi connectivity index (χ2n) is 12.4. The number of ether oxygens (including phenoxy) is 1. The molecule has 18 heteroatoms. The fraction of sp³-hybridized carbons (Fsp3) is 0.273. The quantitative estimate of drug-likeness (QED) is 0.0505. The van der Waals surface area contributed by atoms with Gasteiger partial charge in [-0.25, -0.2) is 26.9 Å². The number of alkyl halides is 2. The van der Waals surface area contributed by atoms with E-state index in [0.717, 1.165) is 23.1 Å². The Hall–Kier alpha value is -5.09. The first-order chi connectivity index (χ1) is 24.0. The number of benzene rings is 3. The van der Waals surface area contributed by atoms with E-state index in [1.54, 1.807) is 0 Å². The van der Waals surface area contributed by atoms with Crippen LogP contribution in [0, 0.1) is 57.0 Å². The molecule has 11 nitrogen and oxygen atoms in total. The number of rotatable bonds is 5. The second kappa shape index (κ2) is 11.5. The van der Waals surface area contributed by atoms with E-state index < -0.39 is 109 Å². The van der Waals surface area contributed by atoms with Crippen LogP contribution in [-0.2, 0) is 19.2 Å². The number of fused-ring (bicyclic) bond motifs is 4. The van der Waals surface area contributed by atoms with Crippen molar-refractivity contribution in [3.8, 4) is 11.5 Å². The molecule has 2 saturated heterocycles. The van der Waals surface area contributed by atoms with Crippen molar-refractivity contribution >= 4 is 63.9 Å². The van der Waals surface area contributed by atoms with Gasteiger partial charge in [0.2, 0.25) is 17.6 Å². The van der Waals surface area contributed by atoms with Gasteiger partial charge in [0.15, 0.2) is 44.5 Å². The first kappa shape index (κ1) is 34.4. The maximum absolute atomic E-state index is 15.2. The normalized spacial score (nSPS) is 28.4. The van der Waals surface area contributed by atoms with E-state index >= 15 is 8.78 Å². The molecular weight excluding hydrogens is 732 g/mol. The molecule has 4 amide bonds. The maximum atomic E-state index is 15.2. The number of methoxy groups -OCH3 is 1. The number of hydrogen-bond acceptors (Lipinski definition) is 8. The highest BCUT2D eigenvalue weighted by Crippen LogP contribution is 2.66. The van der Waals surface area contributed by atoms with E-state index in [-0.39, 0.29) is 39.6 Å². The number of nitro benzene ring substituents is 1. The largest absolute Gasteiger partial charge is 0.504 e. The number of allylic oxidation sites excluding steroid dienone is 2. The Kier molecular flexibility index (Phi) is 7.72. The van der Waals surface area contributed by atoms with Gasteiger partial charge < -0.3 is 9.84 Å². The Morgan fingerprint density at radius 3 is 2.04 bits per heavy atom. The first-order valence-electron chi connectivity index (χ1n) is 15.0. The summed E-state index contributed by atoms with van der Waals surface area (Å²) in [4.78, 5) is 61.9. The molecule has 3 aromatic carbocycles. The topological polar surface area (TPSA) is 147 Å². The van der Waals surface area contributed by atoms with Crippen LogP contribution in [0.5, 0.6) is 11.5 Å². The summed E-state index contributed by atoms with van der Waals surface area (Å²) in [6, 6.07) is 8.24. The van der Waals surface area contributed by atoms with Gasteiger partial charge in [0.25, 0.3) is 17.5 Å². The van der Waals surface area contributed by atoms with Crippen LogP contribution in [0.25, 0.3) is 0 Å². The van der Waals surface area contributed by atoms with Crippen LogP contribution in [0.15, 0.2) is 54.1 Å². The number of hydrogen-bond donors (Lipinski definition) is 1. The molecule has 264 valence electrons. The predicted molar refractivity (Wildman–Crippen MR) is 167 cm³/mol. The van der Waals surface area contributed by atoms with Crippen LogP contribution in [0.3, 0.4) is 0 Å². The number of phenolic OH excluding ortho intramolecular Hbond substituents is 1. The van der Waals surface area contributed by atoms with Crippen molar-refractivity contribution in [2.45, 2.75) is 28.5 Å². The minimum absolute atomic E-state index is 0.00382. The summed E-state index contributed by atoms with van der Waals surface area (Å²) in [5.74, 6) is -23.0. The number of nitro groups is 1. The number of halogens is 7. The van der Waals surface area contributed by atoms with Gasteiger partial charge in [0, 0.05) is 18.1 Å². The monoisotopic (exact) mass is 751 g/mol. The third kappa shape index (κ3) is 4.41. The van der Waals surface area contributed by atoms with Gasteiger partial charge in [-0.15, -0.1) is 23.2 Å². The van der Waals surface area contributed by atoms with Crippen molar-refractivity contribution in [3.05, 3.63) is 98.9 Å². The van der Waals surface area contributed by atoms with Gasteiger partial charge in [-0.1, -0.05) is 17.7 Å². The summed E-state index contributed by atoms with van der Waals surface area (Å²) in [6.45, 7) is 0. The molecule has 3 aromatic rings. The summed E-state index contributed by atoms with van der Waals surface area (Å²) >= 11 is 14.1. The summed E-state index contributed by atoms with van der Waals surface area (Å²) in [5, 5.41) is 21.9. The number of nitrogens with zero attached hydrogens (tertiary/aromatic N) is 3. The number of aromatic hydroxyl groups is 1. The molecule has 2 aliphatic heterocycles. The van der Waals surface area contributed by atoms with Gasteiger partial charge in [-0.2, -0.15) is 0 Å². The third-order valence-electron chi connectivity index (χ3n) is 10.1. The van der Waals surface area contributed by atoms with Crippen LogP contribution in [0.2, 0.25) is 0 Å². The Morgan fingerprint density at radius 2 is 1.47 bits per heavy atom. The molecular formula is C33H20Cl2F5N3O8. The molecule has 2 heterocycles. The van der Waals surface area contributed by atoms with Crippen molar-refractivity contribution in [1.29, 1.82) is 0 Å². The van der Waals surface area contributed by atoms with Crippen molar-refractivity contribution < 1.29 is 55.9 Å². The number of carbonyl (C=O) groups is 4. The molecule has 3 fully saturated rings. The fourth-order valence-corrected chi connectivity index (χ4v) is 8.74. The highest BCUT2D eigenvalue weighted by atomic mass is 35.5. The van der Waals surface area contributed by atoms with Crippen molar-refractivity contribution in [3.63, 3.8) is 0 Å². The van der Waals surface area contributed by atoms with E-state index in [9.17, 15) is 47.6 Å². The second-order valence-corrected chi connectivity index (χ2v) is 13.7. The first-order valence-corrected chi connectivity index (χ1v) is 15.7. The van der Waals surface area contributed by atoms with Gasteiger partial charge in [-0.05, 0) is 48.6 Å². The molecule has 6 atom stereocenters. The smallest absolute Gasteiger partial charge is 0.269 e. The number of carbonyl (C=O) groups excluding carboxylic acids is 4. The zero-order valence-electron chi connectivity index (χ0n) is 25.6. The lowest BCUT2D eigenvalue weighted by Crippen LogP contribution is -2.60. The van der Waals surface area contributed by atoms with Crippen LogP contribution in [0.1, 0.15) is 24.3 Å². The third-order valence-corrected chi connectivity index (χ3v) is 11.5. The molecule has 0 spiro atoms. The van der Waals surface area contributed by atoms with E-state index in [0.29, 0.717) is 0 Å². The van der Waals surface area contributed by atoms with E-state index in [2.05, 4.69) is 0 Å². The van der Waals surface area contributed by atoms with E-state index in [4.69, 9.17) is 27.9 Å². The van der Waals surface area contributed by atoms with Crippen LogP contribution < -0.4 is 14.5 Å². The molecule has 4 aliphatic rings. The molecule has 0 aromatic heterocycles. The lowest BCUT2D eigenvalue weighted by molar-refractivity contribution is -0.384. The molecule has 1 saturated carbocycles. The summed E-state index contributed by atoms with van der Waals surface area (Å²) in [7, 11) is 1.24. The van der Waals surface area contributed by atoms with Crippen molar-refractivity contribution in [2.75, 3.05) is 16.9 Å². The fourth-order valence-electron chi connectivity index (χ4n) is 7.81. The minimum Gasteiger partial charge on any atom is -0.504 e. The average Bonchev–Trinajstić information content (AvgIpc) is 3.44. The predicted octanol–water partition coefficient (Wildman–Crippen LogP) is 5.77. The van der Waals surface area contributed by atoms with Gasteiger partial charge in [0.1, 0.15) is 5.69 Å². The van der Waals surface area contributed by atoms with Gasteiger partial charge in [-0.3, -0.25) is 34.2 Å². The summed E-state index contributed by atoms with van der Waals surface area (Å²) < 4.78 is 78.3. The van der Waals surface area contributed by atoms with Gasteiger partial charge in [0.05, 0.1) is 29.6 Å². The Morgan fingerprint density at radius 1 is 0.863 bits per heavy atom. The highest BCUT2D eigenvalue weighted by molar-refractivity contribution is 6.58. The lowest BCUT2D eigenvalue weighted by atomic mass is 9.56. The van der Waals surface area contributed by atoms with Crippen LogP contribution >= 0.6 is 23.2 Å². The number of anilines is 2. The van der Waals surface area contributed by atoms with Crippen LogP contribution in [-0.4, -0.2) is 50.5 Å². The maximum Gasteiger partial charge on any atom is 0.269 e. The molecule has 51 heavy (non-hydrogen) atoms. The standard InChI is InChI=1S/C33H20Cl2F5N3O8/c1-51-19-9-2-12(10-18(19)44)21-15-7-8-16-20(29(46)41(28(16)45)13-3-5-14(6-4-13)43(49)50)17(15)11-32(34)30(47)42(31(48)33(21,32)35)27-25(39)23(37)22(36)24(38)26(27)40/h2-7,9-10,16-17,20-21,44H,8,11H2,1H3. The molecule has 2 aliphatic carbocycles. The number of non-ortho nitro benzene ring substituents is 1. The zero-order chi connectivity index (χ0) is 37.1. The Balaban J connectivity index is 1.41. The molecule has 7 rings (SSSR count). The zero-order valence-corrected chi connectivity index (χ0v) is 27.1. The Bertz CT molecular complexity index is 2140. The van der Waals surface area contributed by atoms with Gasteiger partial charge >= 0.3 is 0 Å². The highest BCUT2D eigenvalue weighted by Gasteiger charge is 2.77. The number of amides is 4. The minimum atomic E-state index is -2.77.